The van der Waals surface area contributed by atoms with Gasteiger partial charge in [0.15, 0.2) is 0 Å². The molecule has 0 aliphatic rings. The van der Waals surface area contributed by atoms with Crippen LogP contribution >= 0.6 is 0 Å². The fourth-order valence-electron chi connectivity index (χ4n) is 3.77. The summed E-state index contributed by atoms with van der Waals surface area (Å²) in [5.41, 5.74) is 6.62. The van der Waals surface area contributed by atoms with E-state index in [4.69, 9.17) is 15.9 Å². The van der Waals surface area contributed by atoms with Crippen molar-refractivity contribution in [2.75, 3.05) is 5.73 Å². The van der Waals surface area contributed by atoms with Crippen molar-refractivity contribution in [2.45, 2.75) is 51.1 Å². The third-order valence-electron chi connectivity index (χ3n) is 5.53. The standard InChI is InChI=1S/C23H26FN5O6/c24-15-12-13(5-6-14(15)20(32)26-17(22(34)35)7-8-18(30)31)4-2-1-3-10-29-11-9-16-19(29)21(33)28-23(25)27-16/h5-6,9,11-12,17H,1-4,7-8,10H2,(H,26,32)(H,30,31)(H,34,35)(H3,25,27,28,33)/t17-/m0/s1. The monoisotopic (exact) mass is 487 g/mol. The number of carbonyl (C=O) groups excluding carboxylic acids is 1. The largest absolute Gasteiger partial charge is 0.481 e. The summed E-state index contributed by atoms with van der Waals surface area (Å²) in [4.78, 5) is 52.8. The first-order valence-corrected chi connectivity index (χ1v) is 11.0. The number of aryl methyl sites for hydroxylation is 2. The van der Waals surface area contributed by atoms with Crippen LogP contribution in [0.2, 0.25) is 0 Å². The summed E-state index contributed by atoms with van der Waals surface area (Å²) in [7, 11) is 0. The fourth-order valence-corrected chi connectivity index (χ4v) is 3.77. The van der Waals surface area contributed by atoms with Crippen molar-refractivity contribution in [3.05, 3.63) is 57.8 Å². The van der Waals surface area contributed by atoms with Crippen molar-refractivity contribution >= 4 is 34.8 Å². The molecular formula is C23H26FN5O6. The number of nitrogens with one attached hydrogen (secondary N) is 2. The predicted octanol–water partition coefficient (Wildman–Crippen LogP) is 1.91. The summed E-state index contributed by atoms with van der Waals surface area (Å²) < 4.78 is 16.3. The maximum Gasteiger partial charge on any atom is 0.326 e. The van der Waals surface area contributed by atoms with Gasteiger partial charge in [0.05, 0.1) is 11.1 Å². The smallest absolute Gasteiger partial charge is 0.326 e. The Balaban J connectivity index is 1.50. The van der Waals surface area contributed by atoms with Crippen molar-refractivity contribution < 1.29 is 29.0 Å². The molecule has 6 N–H and O–H groups in total. The number of carbonyl (C=O) groups is 3. The molecule has 35 heavy (non-hydrogen) atoms. The number of nitrogens with two attached hydrogens (primary N) is 1. The second kappa shape index (κ2) is 11.3. The van der Waals surface area contributed by atoms with Crippen LogP contribution in [0.1, 0.15) is 48.0 Å². The highest BCUT2D eigenvalue weighted by Gasteiger charge is 2.23. The number of rotatable bonds is 12. The van der Waals surface area contributed by atoms with Gasteiger partial charge >= 0.3 is 11.9 Å². The van der Waals surface area contributed by atoms with E-state index in [1.165, 1.54) is 12.1 Å². The summed E-state index contributed by atoms with van der Waals surface area (Å²) >= 11 is 0. The van der Waals surface area contributed by atoms with Gasteiger partial charge < -0.3 is 25.8 Å². The fraction of sp³-hybridized carbons (Fsp3) is 0.348. The van der Waals surface area contributed by atoms with Gasteiger partial charge in [-0.25, -0.2) is 14.2 Å². The molecule has 186 valence electrons. The van der Waals surface area contributed by atoms with Crippen molar-refractivity contribution in [1.29, 1.82) is 0 Å². The molecule has 2 aromatic heterocycles. The number of carboxylic acid groups (broad SMARTS) is 2. The van der Waals surface area contributed by atoms with E-state index in [-0.39, 0.29) is 23.5 Å². The lowest BCUT2D eigenvalue weighted by Crippen LogP contribution is -2.41. The van der Waals surface area contributed by atoms with Crippen molar-refractivity contribution in [3.63, 3.8) is 0 Å². The molecule has 0 bridgehead atoms. The lowest BCUT2D eigenvalue weighted by Gasteiger charge is -2.14. The van der Waals surface area contributed by atoms with E-state index in [0.29, 0.717) is 29.6 Å². The maximum atomic E-state index is 14.5. The molecule has 0 radical (unpaired) electrons. The van der Waals surface area contributed by atoms with Gasteiger partial charge in [-0.15, -0.1) is 0 Å². The van der Waals surface area contributed by atoms with Crippen LogP contribution in [0.5, 0.6) is 0 Å². The number of benzene rings is 1. The molecule has 11 nitrogen and oxygen atoms in total. The third-order valence-corrected chi connectivity index (χ3v) is 5.53. The normalized spacial score (nSPS) is 11.9. The van der Waals surface area contributed by atoms with Gasteiger partial charge in [0.2, 0.25) is 5.95 Å². The summed E-state index contributed by atoms with van der Waals surface area (Å²) in [5.74, 6) is -4.23. The molecule has 1 atom stereocenters. The Morgan fingerprint density at radius 3 is 2.63 bits per heavy atom. The van der Waals surface area contributed by atoms with Crippen LogP contribution in [0.3, 0.4) is 0 Å². The third kappa shape index (κ3) is 6.65. The van der Waals surface area contributed by atoms with E-state index in [9.17, 15) is 23.6 Å². The number of amides is 1. The Bertz CT molecular complexity index is 1300. The Hall–Kier alpha value is -4.22. The molecular weight excluding hydrogens is 461 g/mol. The lowest BCUT2D eigenvalue weighted by molar-refractivity contribution is -0.140. The van der Waals surface area contributed by atoms with Gasteiger partial charge in [-0.2, -0.15) is 0 Å². The molecule has 3 aromatic rings. The second-order valence-corrected chi connectivity index (χ2v) is 8.12. The molecule has 1 amide bonds. The van der Waals surface area contributed by atoms with Gasteiger partial charge in [-0.05, 0) is 49.4 Å². The summed E-state index contributed by atoms with van der Waals surface area (Å²) in [5, 5.41) is 20.0. The number of carboxylic acids is 2. The maximum absolute atomic E-state index is 14.5. The van der Waals surface area contributed by atoms with E-state index < -0.39 is 36.1 Å². The Kier molecular flexibility index (Phi) is 8.18. The number of H-pyrrole nitrogens is 1. The number of hydrogen-bond acceptors (Lipinski definition) is 6. The minimum absolute atomic E-state index is 0.0656. The van der Waals surface area contributed by atoms with E-state index in [2.05, 4.69) is 15.3 Å². The molecule has 0 aliphatic carbocycles. The second-order valence-electron chi connectivity index (χ2n) is 8.12. The SMILES string of the molecule is Nc1nc2ccn(CCCCCc3ccc(C(=O)N[C@@H](CCC(=O)O)C(=O)O)c(F)c3)c2c(=O)[nH]1. The molecule has 0 fully saturated rings. The van der Waals surface area contributed by atoms with E-state index >= 15 is 0 Å². The number of hydrogen-bond donors (Lipinski definition) is 5. The van der Waals surface area contributed by atoms with Gasteiger partial charge in [0, 0.05) is 19.2 Å². The summed E-state index contributed by atoms with van der Waals surface area (Å²) in [6.07, 6.45) is 3.94. The number of aromatic amines is 1. The molecule has 0 aliphatic heterocycles. The van der Waals surface area contributed by atoms with E-state index in [0.717, 1.165) is 19.3 Å². The number of aromatic nitrogens is 3. The first kappa shape index (κ1) is 25.4. The molecule has 1 aromatic carbocycles. The van der Waals surface area contributed by atoms with Crippen LogP contribution in [-0.2, 0) is 22.6 Å². The quantitative estimate of drug-likeness (QED) is 0.240. The van der Waals surface area contributed by atoms with Crippen LogP contribution in [0.4, 0.5) is 10.3 Å². The number of anilines is 1. The van der Waals surface area contributed by atoms with Gasteiger partial charge in [-0.3, -0.25) is 19.4 Å². The van der Waals surface area contributed by atoms with E-state index in [1.54, 1.807) is 18.3 Å². The average Bonchev–Trinajstić information content (AvgIpc) is 3.19. The highest BCUT2D eigenvalue weighted by atomic mass is 19.1. The summed E-state index contributed by atoms with van der Waals surface area (Å²) in [6, 6.07) is 4.41. The van der Waals surface area contributed by atoms with Crippen molar-refractivity contribution in [2.24, 2.45) is 0 Å². The zero-order chi connectivity index (χ0) is 25.5. The van der Waals surface area contributed by atoms with Gasteiger partial charge in [0.25, 0.3) is 11.5 Å². The number of aliphatic carboxylic acids is 2. The minimum atomic E-state index is -1.43. The van der Waals surface area contributed by atoms with Crippen LogP contribution in [-0.4, -0.2) is 48.6 Å². The van der Waals surface area contributed by atoms with Crippen LogP contribution < -0.4 is 16.6 Å². The Labute approximate surface area is 198 Å². The molecule has 0 saturated carbocycles. The van der Waals surface area contributed by atoms with Crippen LogP contribution in [0.25, 0.3) is 11.0 Å². The molecule has 12 heteroatoms. The number of nitrogens with zero attached hydrogens (tertiary/aromatic N) is 2. The lowest BCUT2D eigenvalue weighted by atomic mass is 10.0. The first-order chi connectivity index (χ1) is 16.7. The number of halogens is 1. The predicted molar refractivity (Wildman–Crippen MR) is 124 cm³/mol. The molecule has 0 spiro atoms. The molecule has 0 saturated heterocycles. The average molecular weight is 487 g/mol. The highest BCUT2D eigenvalue weighted by molar-refractivity contribution is 5.97. The Morgan fingerprint density at radius 2 is 1.94 bits per heavy atom. The number of unbranched alkanes of at least 4 members (excludes halogenated alkanes) is 2. The summed E-state index contributed by atoms with van der Waals surface area (Å²) in [6.45, 7) is 0.609. The zero-order valence-electron chi connectivity index (χ0n) is 18.8. The zero-order valence-corrected chi connectivity index (χ0v) is 18.8. The first-order valence-electron chi connectivity index (χ1n) is 11.0. The topological polar surface area (TPSA) is 180 Å². The van der Waals surface area contributed by atoms with E-state index in [1.807, 2.05) is 4.57 Å². The number of fused-ring (bicyclic) bond motifs is 1. The number of nitrogen functional groups attached to an aromatic ring is 1. The van der Waals surface area contributed by atoms with Crippen molar-refractivity contribution in [3.8, 4) is 0 Å². The van der Waals surface area contributed by atoms with Crippen molar-refractivity contribution in [1.82, 2.24) is 19.9 Å². The highest BCUT2D eigenvalue weighted by Crippen LogP contribution is 2.15. The van der Waals surface area contributed by atoms with Crippen LogP contribution in [0, 0.1) is 5.82 Å². The van der Waals surface area contributed by atoms with Gasteiger partial charge in [-0.1, -0.05) is 12.5 Å². The molecule has 3 rings (SSSR count). The Morgan fingerprint density at radius 1 is 1.17 bits per heavy atom. The van der Waals surface area contributed by atoms with Crippen LogP contribution in [0.15, 0.2) is 35.3 Å². The molecule has 2 heterocycles. The minimum Gasteiger partial charge on any atom is -0.481 e. The van der Waals surface area contributed by atoms with Gasteiger partial charge in [0.1, 0.15) is 17.4 Å². The molecule has 0 unspecified atom stereocenters.